The van der Waals surface area contributed by atoms with Gasteiger partial charge in [-0.2, -0.15) is 11.8 Å². The SMILES string of the molecule is CCCCCC1CCC(C2CCC(CCCC)(SCC)CC2)CC1. The summed E-state index contributed by atoms with van der Waals surface area (Å²) in [6.45, 7) is 7.05. The summed E-state index contributed by atoms with van der Waals surface area (Å²) in [5, 5.41) is 0. The van der Waals surface area contributed by atoms with E-state index in [1.165, 1.54) is 63.5 Å². The van der Waals surface area contributed by atoms with Gasteiger partial charge < -0.3 is 0 Å². The van der Waals surface area contributed by atoms with Gasteiger partial charge in [0.25, 0.3) is 0 Å². The van der Waals surface area contributed by atoms with Crippen LogP contribution in [0.5, 0.6) is 0 Å². The lowest BCUT2D eigenvalue weighted by Gasteiger charge is -2.43. The van der Waals surface area contributed by atoms with Crippen LogP contribution in [-0.4, -0.2) is 10.5 Å². The molecule has 0 nitrogen and oxygen atoms in total. The van der Waals surface area contributed by atoms with Crippen molar-refractivity contribution in [2.24, 2.45) is 17.8 Å². The van der Waals surface area contributed by atoms with E-state index in [9.17, 15) is 0 Å². The Morgan fingerprint density at radius 1 is 0.750 bits per heavy atom. The highest BCUT2D eigenvalue weighted by atomic mass is 32.2. The van der Waals surface area contributed by atoms with Gasteiger partial charge in [0.1, 0.15) is 0 Å². The monoisotopic (exact) mass is 352 g/mol. The largest absolute Gasteiger partial charge is 0.155 e. The highest BCUT2D eigenvalue weighted by Crippen LogP contribution is 2.49. The average Bonchev–Trinajstić information content (AvgIpc) is 2.62. The van der Waals surface area contributed by atoms with E-state index in [0.29, 0.717) is 4.75 Å². The Bertz CT molecular complexity index is 308. The van der Waals surface area contributed by atoms with Gasteiger partial charge in [-0.3, -0.25) is 0 Å². The lowest BCUT2D eigenvalue weighted by atomic mass is 9.68. The molecule has 2 saturated carbocycles. The fraction of sp³-hybridized carbons (Fsp3) is 1.00. The minimum absolute atomic E-state index is 0.665. The molecule has 0 amide bonds. The van der Waals surface area contributed by atoms with Crippen molar-refractivity contribution >= 4 is 11.8 Å². The Morgan fingerprint density at radius 2 is 1.38 bits per heavy atom. The van der Waals surface area contributed by atoms with Gasteiger partial charge in [0, 0.05) is 4.75 Å². The van der Waals surface area contributed by atoms with E-state index in [2.05, 4.69) is 32.5 Å². The van der Waals surface area contributed by atoms with Gasteiger partial charge in [0.05, 0.1) is 0 Å². The Kier molecular flexibility index (Phi) is 9.59. The molecule has 0 aromatic heterocycles. The highest BCUT2D eigenvalue weighted by molar-refractivity contribution is 8.00. The van der Waals surface area contributed by atoms with Crippen LogP contribution in [0.2, 0.25) is 0 Å². The number of hydrogen-bond donors (Lipinski definition) is 0. The summed E-state index contributed by atoms with van der Waals surface area (Å²) in [4.78, 5) is 0. The summed E-state index contributed by atoms with van der Waals surface area (Å²) in [7, 11) is 0. The average molecular weight is 353 g/mol. The molecule has 0 spiro atoms. The van der Waals surface area contributed by atoms with Gasteiger partial charge in [0.15, 0.2) is 0 Å². The lowest BCUT2D eigenvalue weighted by Crippen LogP contribution is -2.34. The number of hydrogen-bond acceptors (Lipinski definition) is 1. The molecule has 2 rings (SSSR count). The standard InChI is InChI=1S/C23H44S/c1-4-7-9-10-20-11-13-21(14-12-20)22-15-18-23(19-16-22,24-6-3)17-8-5-2/h20-22H,4-19H2,1-3H3. The Hall–Kier alpha value is 0.350. The van der Waals surface area contributed by atoms with Crippen LogP contribution < -0.4 is 0 Å². The van der Waals surface area contributed by atoms with Crippen molar-refractivity contribution in [3.8, 4) is 0 Å². The number of thioether (sulfide) groups is 1. The zero-order valence-corrected chi connectivity index (χ0v) is 17.8. The predicted octanol–water partition coefficient (Wildman–Crippen LogP) is 8.25. The summed E-state index contributed by atoms with van der Waals surface area (Å²) in [5.41, 5.74) is 0. The Balaban J connectivity index is 1.72. The third-order valence-corrected chi connectivity index (χ3v) is 8.67. The van der Waals surface area contributed by atoms with Crippen LogP contribution in [0.1, 0.15) is 117 Å². The summed E-state index contributed by atoms with van der Waals surface area (Å²) >= 11 is 2.30. The smallest absolute Gasteiger partial charge is 0.0160 e. The second-order valence-electron chi connectivity index (χ2n) is 8.83. The van der Waals surface area contributed by atoms with Gasteiger partial charge in [-0.15, -0.1) is 0 Å². The van der Waals surface area contributed by atoms with Crippen molar-refractivity contribution in [3.63, 3.8) is 0 Å². The van der Waals surface area contributed by atoms with Gasteiger partial charge in [-0.05, 0) is 68.5 Å². The third kappa shape index (κ3) is 6.26. The van der Waals surface area contributed by atoms with Crippen molar-refractivity contribution in [2.45, 2.75) is 122 Å². The maximum absolute atomic E-state index is 2.37. The van der Waals surface area contributed by atoms with E-state index in [1.807, 2.05) is 0 Å². The molecule has 1 heteroatoms. The summed E-state index contributed by atoms with van der Waals surface area (Å²) in [5.74, 6) is 4.56. The van der Waals surface area contributed by atoms with Crippen molar-refractivity contribution in [3.05, 3.63) is 0 Å². The van der Waals surface area contributed by atoms with E-state index in [1.54, 1.807) is 38.5 Å². The predicted molar refractivity (Wildman–Crippen MR) is 112 cm³/mol. The number of rotatable bonds is 10. The van der Waals surface area contributed by atoms with Gasteiger partial charge in [-0.1, -0.05) is 72.1 Å². The third-order valence-electron chi connectivity index (χ3n) is 7.15. The van der Waals surface area contributed by atoms with Crippen molar-refractivity contribution in [2.75, 3.05) is 5.75 Å². The summed E-state index contributed by atoms with van der Waals surface area (Å²) in [6.07, 6.45) is 22.5. The molecule has 2 fully saturated rings. The molecular formula is C23H44S. The molecule has 2 aliphatic carbocycles. The highest BCUT2D eigenvalue weighted by Gasteiger charge is 2.37. The lowest BCUT2D eigenvalue weighted by molar-refractivity contribution is 0.148. The second kappa shape index (κ2) is 11.1. The maximum atomic E-state index is 2.37. The molecule has 0 N–H and O–H groups in total. The van der Waals surface area contributed by atoms with E-state index >= 15 is 0 Å². The molecule has 0 aromatic rings. The molecule has 0 bridgehead atoms. The number of unbranched alkanes of at least 4 members (excludes halogenated alkanes) is 3. The molecule has 2 aliphatic rings. The van der Waals surface area contributed by atoms with E-state index in [4.69, 9.17) is 0 Å². The Morgan fingerprint density at radius 3 is 1.96 bits per heavy atom. The van der Waals surface area contributed by atoms with Crippen LogP contribution in [0.25, 0.3) is 0 Å². The van der Waals surface area contributed by atoms with E-state index < -0.39 is 0 Å². The Labute approximate surface area is 157 Å². The summed E-state index contributed by atoms with van der Waals surface area (Å²) < 4.78 is 0.665. The van der Waals surface area contributed by atoms with Crippen molar-refractivity contribution in [1.82, 2.24) is 0 Å². The summed E-state index contributed by atoms with van der Waals surface area (Å²) in [6, 6.07) is 0. The first-order valence-corrected chi connectivity index (χ1v) is 12.4. The van der Waals surface area contributed by atoms with Crippen LogP contribution in [0.15, 0.2) is 0 Å². The minimum Gasteiger partial charge on any atom is -0.155 e. The molecule has 0 aromatic carbocycles. The second-order valence-corrected chi connectivity index (χ2v) is 10.6. The quantitative estimate of drug-likeness (QED) is 0.357. The minimum atomic E-state index is 0.665. The van der Waals surface area contributed by atoms with Crippen LogP contribution in [0.3, 0.4) is 0 Å². The van der Waals surface area contributed by atoms with Gasteiger partial charge in [-0.25, -0.2) is 0 Å². The first kappa shape index (κ1) is 20.7. The normalized spacial score (nSPS) is 34.4. The maximum Gasteiger partial charge on any atom is 0.0160 e. The first-order chi connectivity index (χ1) is 11.7. The van der Waals surface area contributed by atoms with Crippen LogP contribution >= 0.6 is 11.8 Å². The molecule has 0 unspecified atom stereocenters. The van der Waals surface area contributed by atoms with E-state index in [0.717, 1.165) is 17.8 Å². The first-order valence-electron chi connectivity index (χ1n) is 11.4. The zero-order valence-electron chi connectivity index (χ0n) is 17.0. The van der Waals surface area contributed by atoms with Gasteiger partial charge in [0.2, 0.25) is 0 Å². The molecule has 24 heavy (non-hydrogen) atoms. The molecule has 0 atom stereocenters. The van der Waals surface area contributed by atoms with Gasteiger partial charge >= 0.3 is 0 Å². The molecular weight excluding hydrogens is 308 g/mol. The van der Waals surface area contributed by atoms with Crippen LogP contribution in [0.4, 0.5) is 0 Å². The van der Waals surface area contributed by atoms with Crippen LogP contribution in [-0.2, 0) is 0 Å². The molecule has 142 valence electrons. The zero-order chi connectivity index (χ0) is 17.3. The fourth-order valence-electron chi connectivity index (χ4n) is 5.54. The molecule has 0 saturated heterocycles. The van der Waals surface area contributed by atoms with E-state index in [-0.39, 0.29) is 0 Å². The molecule has 0 aliphatic heterocycles. The molecule has 0 radical (unpaired) electrons. The fourth-order valence-corrected chi connectivity index (χ4v) is 6.97. The topological polar surface area (TPSA) is 0 Å². The van der Waals surface area contributed by atoms with Crippen molar-refractivity contribution in [1.29, 1.82) is 0 Å². The van der Waals surface area contributed by atoms with Crippen LogP contribution in [0, 0.1) is 17.8 Å². The molecule has 0 heterocycles. The van der Waals surface area contributed by atoms with Crippen molar-refractivity contribution < 1.29 is 0 Å².